The molecule has 0 saturated heterocycles. The summed E-state index contributed by atoms with van der Waals surface area (Å²) in [5.74, 6) is 0.774. The molecule has 0 saturated carbocycles. The van der Waals surface area contributed by atoms with E-state index in [9.17, 15) is 0 Å². The van der Waals surface area contributed by atoms with Gasteiger partial charge < -0.3 is 0 Å². The fraction of sp³-hybridized carbons (Fsp3) is 0.333. The molecule has 0 amide bonds. The van der Waals surface area contributed by atoms with E-state index < -0.39 is 0 Å². The summed E-state index contributed by atoms with van der Waals surface area (Å²) in [6.45, 7) is 2.26. The molecule has 0 aromatic heterocycles. The normalized spacial score (nSPS) is 24.1. The van der Waals surface area contributed by atoms with Gasteiger partial charge in [0.15, 0.2) is 0 Å². The van der Waals surface area contributed by atoms with E-state index in [0.29, 0.717) is 0 Å². The second kappa shape index (κ2) is 2.01. The molecule has 0 heterocycles. The van der Waals surface area contributed by atoms with Crippen LogP contribution >= 0.6 is 0 Å². The molecule has 0 spiro atoms. The first-order valence-electron chi connectivity index (χ1n) is 4.66. The maximum absolute atomic E-state index is 2.35. The average molecular weight is 156 g/mol. The Bertz CT molecular complexity index is 372. The summed E-state index contributed by atoms with van der Waals surface area (Å²) in [6, 6.07) is 6.71. The van der Waals surface area contributed by atoms with Crippen molar-refractivity contribution in [2.45, 2.75) is 25.7 Å². The fourth-order valence-electron chi connectivity index (χ4n) is 2.65. The Balaban J connectivity index is 2.32. The van der Waals surface area contributed by atoms with E-state index in [4.69, 9.17) is 0 Å². The molecule has 60 valence electrons. The molecule has 0 nitrogen and oxygen atoms in total. The highest BCUT2D eigenvalue weighted by Crippen LogP contribution is 2.45. The van der Waals surface area contributed by atoms with Crippen LogP contribution in [-0.4, -0.2) is 0 Å². The van der Waals surface area contributed by atoms with Crippen LogP contribution < -0.4 is 0 Å². The van der Waals surface area contributed by atoms with Crippen LogP contribution in [0.5, 0.6) is 0 Å². The van der Waals surface area contributed by atoms with E-state index in [2.05, 4.69) is 31.2 Å². The van der Waals surface area contributed by atoms with E-state index >= 15 is 0 Å². The van der Waals surface area contributed by atoms with Gasteiger partial charge in [0.2, 0.25) is 0 Å². The number of hydrogen-bond acceptors (Lipinski definition) is 0. The van der Waals surface area contributed by atoms with Gasteiger partial charge in [-0.1, -0.05) is 29.8 Å². The van der Waals surface area contributed by atoms with Crippen LogP contribution in [0.25, 0.3) is 6.08 Å². The van der Waals surface area contributed by atoms with Gasteiger partial charge in [-0.15, -0.1) is 0 Å². The lowest BCUT2D eigenvalue weighted by molar-refractivity contribution is 0.785. The summed E-state index contributed by atoms with van der Waals surface area (Å²) in [6.07, 6.45) is 4.98. The summed E-state index contributed by atoms with van der Waals surface area (Å²) in [5.41, 5.74) is 6.27. The lowest BCUT2D eigenvalue weighted by atomic mass is 9.99. The van der Waals surface area contributed by atoms with Gasteiger partial charge in [0, 0.05) is 5.92 Å². The van der Waals surface area contributed by atoms with Crippen molar-refractivity contribution in [3.63, 3.8) is 0 Å². The lowest BCUT2D eigenvalue weighted by Gasteiger charge is -2.05. The minimum atomic E-state index is 0.774. The van der Waals surface area contributed by atoms with E-state index in [-0.39, 0.29) is 0 Å². The Morgan fingerprint density at radius 3 is 3.17 bits per heavy atom. The van der Waals surface area contributed by atoms with E-state index in [1.54, 1.807) is 16.7 Å². The Morgan fingerprint density at radius 2 is 2.25 bits per heavy atom. The standard InChI is InChI=1S/C12H12/c1-8-7-10-4-2-3-9-5-6-11(8)12(9)10/h2-4,7,11H,5-6H2,1H3. The number of aryl methyl sites for hydroxylation is 1. The largest absolute Gasteiger partial charge is 0.0652 e. The molecule has 0 N–H and O–H groups in total. The topological polar surface area (TPSA) is 0 Å². The molecule has 1 unspecified atom stereocenters. The van der Waals surface area contributed by atoms with Gasteiger partial charge in [-0.2, -0.15) is 0 Å². The zero-order valence-electron chi connectivity index (χ0n) is 7.30. The van der Waals surface area contributed by atoms with Crippen LogP contribution in [0.15, 0.2) is 23.8 Å². The van der Waals surface area contributed by atoms with Gasteiger partial charge >= 0.3 is 0 Å². The predicted octanol–water partition coefficient (Wildman–Crippen LogP) is 3.13. The van der Waals surface area contributed by atoms with Crippen molar-refractivity contribution in [2.24, 2.45) is 0 Å². The quantitative estimate of drug-likeness (QED) is 0.541. The predicted molar refractivity (Wildman–Crippen MR) is 51.2 cm³/mol. The van der Waals surface area contributed by atoms with E-state index in [1.165, 1.54) is 18.4 Å². The molecule has 0 radical (unpaired) electrons. The average Bonchev–Trinajstić information content (AvgIpc) is 2.60. The van der Waals surface area contributed by atoms with Crippen LogP contribution in [0, 0.1) is 0 Å². The Hall–Kier alpha value is -1.04. The fourth-order valence-corrected chi connectivity index (χ4v) is 2.65. The third-order valence-corrected chi connectivity index (χ3v) is 3.21. The first-order chi connectivity index (χ1) is 5.86. The first-order valence-corrected chi connectivity index (χ1v) is 4.66. The van der Waals surface area contributed by atoms with Gasteiger partial charge in [0.05, 0.1) is 0 Å². The number of allylic oxidation sites excluding steroid dienone is 1. The molecule has 0 aliphatic heterocycles. The molecule has 2 aliphatic carbocycles. The highest BCUT2D eigenvalue weighted by Gasteiger charge is 2.29. The third kappa shape index (κ3) is 0.632. The van der Waals surface area contributed by atoms with Crippen LogP contribution in [0.4, 0.5) is 0 Å². The van der Waals surface area contributed by atoms with Crippen LogP contribution in [0.3, 0.4) is 0 Å². The van der Waals surface area contributed by atoms with E-state index in [0.717, 1.165) is 5.92 Å². The Morgan fingerprint density at radius 1 is 1.33 bits per heavy atom. The SMILES string of the molecule is CC1=Cc2cccc3c2C1CC3. The molecule has 2 aliphatic rings. The van der Waals surface area contributed by atoms with Gasteiger partial charge in [-0.05, 0) is 36.5 Å². The summed E-state index contributed by atoms with van der Waals surface area (Å²) < 4.78 is 0. The second-order valence-corrected chi connectivity index (χ2v) is 3.90. The smallest absolute Gasteiger partial charge is 0.00605 e. The molecule has 12 heavy (non-hydrogen) atoms. The molecule has 1 atom stereocenters. The molecule has 3 rings (SSSR count). The monoisotopic (exact) mass is 156 g/mol. The van der Waals surface area contributed by atoms with Crippen molar-refractivity contribution in [1.82, 2.24) is 0 Å². The molecule has 0 fully saturated rings. The van der Waals surface area contributed by atoms with Gasteiger partial charge in [0.1, 0.15) is 0 Å². The lowest BCUT2D eigenvalue weighted by Crippen LogP contribution is -1.88. The third-order valence-electron chi connectivity index (χ3n) is 3.21. The van der Waals surface area contributed by atoms with Crippen molar-refractivity contribution in [3.8, 4) is 0 Å². The van der Waals surface area contributed by atoms with Crippen LogP contribution in [0.1, 0.15) is 36.0 Å². The molecule has 0 heteroatoms. The first kappa shape index (κ1) is 6.47. The van der Waals surface area contributed by atoms with Crippen LogP contribution in [-0.2, 0) is 6.42 Å². The Kier molecular flexibility index (Phi) is 1.08. The molecular weight excluding hydrogens is 144 g/mol. The summed E-state index contributed by atoms with van der Waals surface area (Å²) in [7, 11) is 0. The van der Waals surface area contributed by atoms with Crippen LogP contribution in [0.2, 0.25) is 0 Å². The van der Waals surface area contributed by atoms with Gasteiger partial charge in [0.25, 0.3) is 0 Å². The number of rotatable bonds is 0. The molecule has 0 bridgehead atoms. The number of benzene rings is 1. The number of hydrogen-bond donors (Lipinski definition) is 0. The highest BCUT2D eigenvalue weighted by molar-refractivity contribution is 5.69. The minimum Gasteiger partial charge on any atom is -0.0652 e. The van der Waals surface area contributed by atoms with Crippen molar-refractivity contribution in [1.29, 1.82) is 0 Å². The second-order valence-electron chi connectivity index (χ2n) is 3.90. The summed E-state index contributed by atoms with van der Waals surface area (Å²) >= 11 is 0. The molecular formula is C12H12. The zero-order chi connectivity index (χ0) is 8.13. The van der Waals surface area contributed by atoms with Gasteiger partial charge in [-0.25, -0.2) is 0 Å². The summed E-state index contributed by atoms with van der Waals surface area (Å²) in [5, 5.41) is 0. The summed E-state index contributed by atoms with van der Waals surface area (Å²) in [4.78, 5) is 0. The van der Waals surface area contributed by atoms with Crippen molar-refractivity contribution in [3.05, 3.63) is 40.5 Å². The van der Waals surface area contributed by atoms with Crippen molar-refractivity contribution < 1.29 is 0 Å². The zero-order valence-corrected chi connectivity index (χ0v) is 7.30. The van der Waals surface area contributed by atoms with Crippen molar-refractivity contribution >= 4 is 6.08 Å². The minimum absolute atomic E-state index is 0.774. The Labute approximate surface area is 72.9 Å². The van der Waals surface area contributed by atoms with Crippen molar-refractivity contribution in [2.75, 3.05) is 0 Å². The molecule has 1 aromatic rings. The van der Waals surface area contributed by atoms with Gasteiger partial charge in [-0.3, -0.25) is 0 Å². The maximum atomic E-state index is 2.35. The maximum Gasteiger partial charge on any atom is 0.00605 e. The van der Waals surface area contributed by atoms with E-state index in [1.807, 2.05) is 0 Å². The molecule has 1 aromatic carbocycles. The highest BCUT2D eigenvalue weighted by atomic mass is 14.3.